The first-order chi connectivity index (χ1) is 12.2. The van der Waals surface area contributed by atoms with Gasteiger partial charge in [0.05, 0.1) is 18.2 Å². The van der Waals surface area contributed by atoms with Crippen molar-refractivity contribution in [1.29, 1.82) is 0 Å². The molecule has 0 heterocycles. The van der Waals surface area contributed by atoms with E-state index in [1.807, 2.05) is 30.3 Å². The molecule has 0 aromatic heterocycles. The number of allylic oxidation sites excluding steroid dienone is 4. The summed E-state index contributed by atoms with van der Waals surface area (Å²) in [6.07, 6.45) is 9.90. The maximum atomic E-state index is 10.5. The largest absolute Gasteiger partial charge is 0.389 e. The normalized spacial score (nSPS) is 22.7. The van der Waals surface area contributed by atoms with E-state index in [2.05, 4.69) is 23.5 Å². The molecule has 0 amide bonds. The monoisotopic (exact) mass is 340 g/mol. The third kappa shape index (κ3) is 4.60. The number of methoxy groups -OCH3 is 1. The molecule has 4 heteroatoms. The molecule has 3 atom stereocenters. The zero-order valence-corrected chi connectivity index (χ0v) is 14.8. The van der Waals surface area contributed by atoms with Crippen molar-refractivity contribution in [3.63, 3.8) is 0 Å². The molecule has 0 spiro atoms. The molecule has 0 aliphatic heterocycles. The molecule has 0 radical (unpaired) electrons. The molecule has 3 unspecified atom stereocenters. The van der Waals surface area contributed by atoms with Crippen LogP contribution in [-0.2, 0) is 4.74 Å². The van der Waals surface area contributed by atoms with Crippen LogP contribution >= 0.6 is 0 Å². The number of nitrogens with two attached hydrogens (primary N) is 1. The van der Waals surface area contributed by atoms with E-state index in [1.165, 1.54) is 11.1 Å². The lowest BCUT2D eigenvalue weighted by Gasteiger charge is -2.27. The zero-order valence-electron chi connectivity index (χ0n) is 14.8. The van der Waals surface area contributed by atoms with Gasteiger partial charge in [0.2, 0.25) is 0 Å². The van der Waals surface area contributed by atoms with Crippen LogP contribution in [0.4, 0.5) is 5.69 Å². The molecule has 2 aliphatic rings. The van der Waals surface area contributed by atoms with Crippen LogP contribution in [-0.4, -0.2) is 37.0 Å². The lowest BCUT2D eigenvalue weighted by molar-refractivity contribution is 0.0908. The second-order valence-electron chi connectivity index (χ2n) is 6.85. The molecule has 0 saturated carbocycles. The van der Waals surface area contributed by atoms with E-state index in [1.54, 1.807) is 7.11 Å². The van der Waals surface area contributed by atoms with Gasteiger partial charge in [0.1, 0.15) is 0 Å². The van der Waals surface area contributed by atoms with Crippen LogP contribution in [0.5, 0.6) is 0 Å². The minimum absolute atomic E-state index is 0.299. The first-order valence-electron chi connectivity index (χ1n) is 9.00. The third-order valence-electron chi connectivity index (χ3n) is 5.15. The van der Waals surface area contributed by atoms with Gasteiger partial charge < -0.3 is 20.9 Å². The molecule has 0 fully saturated rings. The predicted octanol–water partition coefficient (Wildman–Crippen LogP) is 3.17. The number of nitrogens with one attached hydrogen (secondary N) is 1. The van der Waals surface area contributed by atoms with Crippen LogP contribution in [0.1, 0.15) is 25.7 Å². The molecule has 4 N–H and O–H groups in total. The van der Waals surface area contributed by atoms with E-state index in [9.17, 15) is 5.11 Å². The Balaban J connectivity index is 1.61. The molecule has 0 bridgehead atoms. The average molecular weight is 340 g/mol. The zero-order chi connectivity index (χ0) is 17.6. The highest BCUT2D eigenvalue weighted by Crippen LogP contribution is 2.34. The lowest BCUT2D eigenvalue weighted by Crippen LogP contribution is -2.41. The third-order valence-corrected chi connectivity index (χ3v) is 5.15. The lowest BCUT2D eigenvalue weighted by atomic mass is 9.85. The van der Waals surface area contributed by atoms with E-state index in [4.69, 9.17) is 10.5 Å². The molecule has 25 heavy (non-hydrogen) atoms. The number of para-hydroxylation sites is 1. The Kier molecular flexibility index (Phi) is 6.08. The van der Waals surface area contributed by atoms with Crippen molar-refractivity contribution >= 4 is 5.69 Å². The van der Waals surface area contributed by atoms with Gasteiger partial charge in [-0.05, 0) is 49.0 Å². The minimum atomic E-state index is -0.635. The summed E-state index contributed by atoms with van der Waals surface area (Å²) in [6, 6.07) is 9.49. The Morgan fingerprint density at radius 1 is 1.32 bits per heavy atom. The van der Waals surface area contributed by atoms with Gasteiger partial charge in [-0.2, -0.15) is 0 Å². The Bertz CT molecular complexity index is 664. The molecular formula is C21H28N2O2. The standard InChI is InChI=1S/C21H28N2O2/c1-25-19-11-10-15-6-5-7-16(12-17(15)13-19)21(22)20(24)14-23-18-8-3-2-4-9-18/h2-9,19-21,23-24H,10-14,22H2,1H3. The average Bonchev–Trinajstić information content (AvgIpc) is 2.87. The molecule has 0 saturated heterocycles. The number of aliphatic hydroxyl groups excluding tert-OH is 1. The SMILES string of the molecule is COC1CCC2=C(CC(C(N)C(O)CNc3ccccc3)=CC=C2)C1. The Morgan fingerprint density at radius 2 is 2.12 bits per heavy atom. The van der Waals surface area contributed by atoms with E-state index in [0.29, 0.717) is 12.6 Å². The van der Waals surface area contributed by atoms with Gasteiger partial charge in [-0.25, -0.2) is 0 Å². The number of rotatable bonds is 6. The summed E-state index contributed by atoms with van der Waals surface area (Å²) in [5, 5.41) is 13.8. The van der Waals surface area contributed by atoms with Crippen LogP contribution in [0, 0.1) is 0 Å². The van der Waals surface area contributed by atoms with Crippen LogP contribution in [0.3, 0.4) is 0 Å². The quantitative estimate of drug-likeness (QED) is 0.744. The highest BCUT2D eigenvalue weighted by molar-refractivity contribution is 5.43. The summed E-state index contributed by atoms with van der Waals surface area (Å²) in [7, 11) is 1.78. The van der Waals surface area contributed by atoms with Crippen molar-refractivity contribution in [2.24, 2.45) is 5.73 Å². The highest BCUT2D eigenvalue weighted by atomic mass is 16.5. The fourth-order valence-electron chi connectivity index (χ4n) is 3.56. The van der Waals surface area contributed by atoms with Crippen molar-refractivity contribution in [2.45, 2.75) is 43.9 Å². The van der Waals surface area contributed by atoms with Crippen molar-refractivity contribution in [3.05, 3.63) is 65.3 Å². The van der Waals surface area contributed by atoms with E-state index >= 15 is 0 Å². The van der Waals surface area contributed by atoms with Gasteiger partial charge in [0, 0.05) is 19.3 Å². The van der Waals surface area contributed by atoms with Crippen molar-refractivity contribution in [2.75, 3.05) is 19.0 Å². The Hall–Kier alpha value is -1.88. The highest BCUT2D eigenvalue weighted by Gasteiger charge is 2.25. The van der Waals surface area contributed by atoms with Crippen molar-refractivity contribution < 1.29 is 9.84 Å². The van der Waals surface area contributed by atoms with E-state index in [-0.39, 0.29) is 6.04 Å². The summed E-state index contributed by atoms with van der Waals surface area (Å²) in [5.41, 5.74) is 11.2. The van der Waals surface area contributed by atoms with Gasteiger partial charge in [-0.3, -0.25) is 0 Å². The first-order valence-corrected chi connectivity index (χ1v) is 9.00. The van der Waals surface area contributed by atoms with Crippen molar-refractivity contribution in [3.8, 4) is 0 Å². The van der Waals surface area contributed by atoms with Gasteiger partial charge in [-0.1, -0.05) is 42.0 Å². The predicted molar refractivity (Wildman–Crippen MR) is 102 cm³/mol. The molecule has 3 rings (SSSR count). The number of anilines is 1. The van der Waals surface area contributed by atoms with Gasteiger partial charge in [0.15, 0.2) is 0 Å². The summed E-state index contributed by atoms with van der Waals surface area (Å²) < 4.78 is 5.54. The van der Waals surface area contributed by atoms with E-state index in [0.717, 1.165) is 36.9 Å². The number of hydrogen-bond acceptors (Lipinski definition) is 4. The van der Waals surface area contributed by atoms with Crippen LogP contribution in [0.2, 0.25) is 0 Å². The molecule has 1 aromatic rings. The number of aliphatic hydroxyl groups is 1. The van der Waals surface area contributed by atoms with Crippen LogP contribution < -0.4 is 11.1 Å². The summed E-state index contributed by atoms with van der Waals surface area (Å²) in [5.74, 6) is 0. The smallest absolute Gasteiger partial charge is 0.0901 e. The van der Waals surface area contributed by atoms with Crippen molar-refractivity contribution in [1.82, 2.24) is 0 Å². The number of ether oxygens (including phenoxy) is 1. The minimum Gasteiger partial charge on any atom is -0.389 e. The summed E-state index contributed by atoms with van der Waals surface area (Å²) >= 11 is 0. The van der Waals surface area contributed by atoms with Gasteiger partial charge >= 0.3 is 0 Å². The summed E-state index contributed by atoms with van der Waals surface area (Å²) in [6.45, 7) is 0.429. The topological polar surface area (TPSA) is 67.5 Å². The molecule has 134 valence electrons. The van der Waals surface area contributed by atoms with Gasteiger partial charge in [0.25, 0.3) is 0 Å². The molecule has 1 aromatic carbocycles. The molecular weight excluding hydrogens is 312 g/mol. The van der Waals surface area contributed by atoms with Crippen LogP contribution in [0.15, 0.2) is 65.3 Å². The fourth-order valence-corrected chi connectivity index (χ4v) is 3.56. The maximum absolute atomic E-state index is 10.5. The Morgan fingerprint density at radius 3 is 2.88 bits per heavy atom. The summed E-state index contributed by atoms with van der Waals surface area (Å²) in [4.78, 5) is 0. The van der Waals surface area contributed by atoms with E-state index < -0.39 is 6.10 Å². The molecule has 4 nitrogen and oxygen atoms in total. The van der Waals surface area contributed by atoms with Crippen LogP contribution in [0.25, 0.3) is 0 Å². The first kappa shape index (κ1) is 17.9. The fraction of sp³-hybridized carbons (Fsp3) is 0.429. The second-order valence-corrected chi connectivity index (χ2v) is 6.85. The van der Waals surface area contributed by atoms with Gasteiger partial charge in [-0.15, -0.1) is 0 Å². The second kappa shape index (κ2) is 8.48. The number of hydrogen-bond donors (Lipinski definition) is 3. The number of benzene rings is 1. The maximum Gasteiger partial charge on any atom is 0.0901 e. The molecule has 2 aliphatic carbocycles. The Labute approximate surface area is 150 Å².